The van der Waals surface area contributed by atoms with Crippen molar-refractivity contribution in [3.63, 3.8) is 0 Å². The van der Waals surface area contributed by atoms with Gasteiger partial charge in [-0.3, -0.25) is 9.88 Å². The zero-order valence-corrected chi connectivity index (χ0v) is 20.3. The van der Waals surface area contributed by atoms with E-state index in [2.05, 4.69) is 61.2 Å². The summed E-state index contributed by atoms with van der Waals surface area (Å²) in [5.74, 6) is 0.877. The van der Waals surface area contributed by atoms with Crippen molar-refractivity contribution < 1.29 is 9.47 Å². The van der Waals surface area contributed by atoms with Crippen LogP contribution >= 0.6 is 12.2 Å². The molecule has 2 aromatic heterocycles. The Morgan fingerprint density at radius 1 is 1.06 bits per heavy atom. The molecule has 8 heteroatoms. The lowest BCUT2D eigenvalue weighted by molar-refractivity contribution is 0.0349. The third kappa shape index (κ3) is 4.80. The Kier molecular flexibility index (Phi) is 7.08. The SMILES string of the molecule is CCOc1ccc(-n2cccc2C2C(c3ccccn3)NC(=S)N2CCN2CCOCC2)cc1. The average Bonchev–Trinajstić information content (AvgIpc) is 3.49. The largest absolute Gasteiger partial charge is 0.494 e. The van der Waals surface area contributed by atoms with E-state index in [0.717, 1.165) is 61.6 Å². The highest BCUT2D eigenvalue weighted by Gasteiger charge is 2.41. The fraction of sp³-hybridized carbons (Fsp3) is 0.385. The van der Waals surface area contributed by atoms with Gasteiger partial charge in [0, 0.05) is 50.0 Å². The summed E-state index contributed by atoms with van der Waals surface area (Å²) in [6.45, 7) is 7.96. The maximum atomic E-state index is 5.86. The molecule has 1 aromatic carbocycles. The van der Waals surface area contributed by atoms with Gasteiger partial charge >= 0.3 is 0 Å². The molecule has 2 atom stereocenters. The predicted molar refractivity (Wildman–Crippen MR) is 136 cm³/mol. The van der Waals surface area contributed by atoms with Crippen LogP contribution in [-0.2, 0) is 4.74 Å². The van der Waals surface area contributed by atoms with Crippen molar-refractivity contribution in [3.8, 4) is 11.4 Å². The minimum atomic E-state index is -0.0327. The lowest BCUT2D eigenvalue weighted by Crippen LogP contribution is -2.42. The predicted octanol–water partition coefficient (Wildman–Crippen LogP) is 3.58. The second-order valence-corrected chi connectivity index (χ2v) is 8.89. The van der Waals surface area contributed by atoms with Gasteiger partial charge in [-0.05, 0) is 67.7 Å². The molecule has 7 nitrogen and oxygen atoms in total. The van der Waals surface area contributed by atoms with Crippen molar-refractivity contribution >= 4 is 17.3 Å². The van der Waals surface area contributed by atoms with Gasteiger partial charge in [0.05, 0.1) is 37.6 Å². The summed E-state index contributed by atoms with van der Waals surface area (Å²) in [7, 11) is 0. The molecule has 0 saturated carbocycles. The Hall–Kier alpha value is -2.94. The molecule has 0 amide bonds. The van der Waals surface area contributed by atoms with E-state index >= 15 is 0 Å². The number of pyridine rings is 1. The van der Waals surface area contributed by atoms with Gasteiger partial charge in [-0.25, -0.2) is 0 Å². The summed E-state index contributed by atoms with van der Waals surface area (Å²) in [6, 6.07) is 18.6. The van der Waals surface area contributed by atoms with Crippen LogP contribution < -0.4 is 10.1 Å². The topological polar surface area (TPSA) is 54.8 Å². The number of hydrogen-bond donors (Lipinski definition) is 1. The van der Waals surface area contributed by atoms with E-state index in [-0.39, 0.29) is 12.1 Å². The van der Waals surface area contributed by atoms with Crippen LogP contribution in [0.5, 0.6) is 5.75 Å². The Bertz CT molecular complexity index is 1080. The molecule has 2 unspecified atom stereocenters. The minimum Gasteiger partial charge on any atom is -0.494 e. The van der Waals surface area contributed by atoms with E-state index in [0.29, 0.717) is 6.61 Å². The van der Waals surface area contributed by atoms with E-state index in [4.69, 9.17) is 21.7 Å². The van der Waals surface area contributed by atoms with Crippen molar-refractivity contribution in [2.75, 3.05) is 46.0 Å². The number of ether oxygens (including phenoxy) is 2. The molecular formula is C26H31N5O2S. The van der Waals surface area contributed by atoms with Gasteiger partial charge in [0.15, 0.2) is 5.11 Å². The van der Waals surface area contributed by atoms with Gasteiger partial charge in [0.2, 0.25) is 0 Å². The highest BCUT2D eigenvalue weighted by atomic mass is 32.1. The van der Waals surface area contributed by atoms with Crippen LogP contribution in [0.25, 0.3) is 5.69 Å². The van der Waals surface area contributed by atoms with Crippen LogP contribution in [0.3, 0.4) is 0 Å². The fourth-order valence-electron chi connectivity index (χ4n) is 4.78. The van der Waals surface area contributed by atoms with Crippen LogP contribution in [0.1, 0.15) is 30.4 Å². The highest BCUT2D eigenvalue weighted by Crippen LogP contribution is 2.39. The van der Waals surface area contributed by atoms with Crippen molar-refractivity contribution in [1.29, 1.82) is 0 Å². The number of nitrogens with one attached hydrogen (secondary N) is 1. The number of aromatic nitrogens is 2. The summed E-state index contributed by atoms with van der Waals surface area (Å²) in [5.41, 5.74) is 3.26. The van der Waals surface area contributed by atoms with Crippen molar-refractivity contribution in [1.82, 2.24) is 24.7 Å². The van der Waals surface area contributed by atoms with Crippen LogP contribution in [0.4, 0.5) is 0 Å². The molecule has 2 aliphatic heterocycles. The van der Waals surface area contributed by atoms with Gasteiger partial charge in [-0.15, -0.1) is 0 Å². The average molecular weight is 478 g/mol. The Balaban J connectivity index is 1.47. The van der Waals surface area contributed by atoms with E-state index in [9.17, 15) is 0 Å². The lowest BCUT2D eigenvalue weighted by atomic mass is 10.0. The van der Waals surface area contributed by atoms with E-state index in [1.54, 1.807) is 0 Å². The molecule has 5 rings (SSSR count). The number of benzene rings is 1. The van der Waals surface area contributed by atoms with Crippen LogP contribution in [-0.4, -0.2) is 70.5 Å². The third-order valence-corrected chi connectivity index (χ3v) is 6.82. The molecule has 1 N–H and O–H groups in total. The first-order valence-corrected chi connectivity index (χ1v) is 12.3. The monoisotopic (exact) mass is 477 g/mol. The van der Waals surface area contributed by atoms with Gasteiger partial charge in [0.25, 0.3) is 0 Å². The van der Waals surface area contributed by atoms with Gasteiger partial charge in [0.1, 0.15) is 5.75 Å². The first-order valence-electron chi connectivity index (χ1n) is 11.9. The smallest absolute Gasteiger partial charge is 0.170 e. The van der Waals surface area contributed by atoms with E-state index < -0.39 is 0 Å². The van der Waals surface area contributed by atoms with Crippen molar-refractivity contribution in [3.05, 3.63) is 78.4 Å². The zero-order chi connectivity index (χ0) is 23.3. The van der Waals surface area contributed by atoms with E-state index in [1.165, 1.54) is 5.69 Å². The summed E-state index contributed by atoms with van der Waals surface area (Å²) < 4.78 is 13.4. The number of thiocarbonyl (C=S) groups is 1. The number of nitrogens with zero attached hydrogens (tertiary/aromatic N) is 4. The molecule has 178 valence electrons. The second-order valence-electron chi connectivity index (χ2n) is 8.50. The molecule has 4 heterocycles. The van der Waals surface area contributed by atoms with E-state index in [1.807, 2.05) is 37.4 Å². The zero-order valence-electron chi connectivity index (χ0n) is 19.5. The maximum absolute atomic E-state index is 5.86. The highest BCUT2D eigenvalue weighted by molar-refractivity contribution is 7.80. The molecule has 2 aliphatic rings. The first-order chi connectivity index (χ1) is 16.7. The Morgan fingerprint density at radius 3 is 2.62 bits per heavy atom. The van der Waals surface area contributed by atoms with Crippen molar-refractivity contribution in [2.24, 2.45) is 0 Å². The molecule has 0 spiro atoms. The van der Waals surface area contributed by atoms with Gasteiger partial charge in [-0.1, -0.05) is 6.07 Å². The Morgan fingerprint density at radius 2 is 1.88 bits per heavy atom. The van der Waals surface area contributed by atoms with Crippen LogP contribution in [0.15, 0.2) is 67.0 Å². The number of rotatable bonds is 8. The summed E-state index contributed by atoms with van der Waals surface area (Å²) >= 11 is 5.86. The molecule has 0 radical (unpaired) electrons. The summed E-state index contributed by atoms with van der Waals surface area (Å²) in [6.07, 6.45) is 3.96. The fourth-order valence-corrected chi connectivity index (χ4v) is 5.11. The molecule has 0 bridgehead atoms. The Labute approximate surface area is 206 Å². The molecule has 2 fully saturated rings. The molecular weight excluding hydrogens is 446 g/mol. The lowest BCUT2D eigenvalue weighted by Gasteiger charge is -2.32. The summed E-state index contributed by atoms with van der Waals surface area (Å²) in [4.78, 5) is 9.44. The molecule has 34 heavy (non-hydrogen) atoms. The van der Waals surface area contributed by atoms with Crippen LogP contribution in [0.2, 0.25) is 0 Å². The normalized spacial score (nSPS) is 21.0. The number of hydrogen-bond acceptors (Lipinski definition) is 5. The van der Waals surface area contributed by atoms with Crippen molar-refractivity contribution in [2.45, 2.75) is 19.0 Å². The number of morpholine rings is 1. The van der Waals surface area contributed by atoms with Gasteiger partial charge < -0.3 is 24.3 Å². The quantitative estimate of drug-likeness (QED) is 0.498. The first kappa shape index (κ1) is 22.8. The summed E-state index contributed by atoms with van der Waals surface area (Å²) in [5, 5.41) is 4.34. The third-order valence-electron chi connectivity index (χ3n) is 6.47. The molecule has 0 aliphatic carbocycles. The minimum absolute atomic E-state index is 0.0185. The standard InChI is InChI=1S/C26H31N5O2S/c1-2-33-21-10-8-20(9-11-21)30-13-5-7-23(30)25-24(22-6-3-4-12-27-22)28-26(34)31(25)15-14-29-16-18-32-19-17-29/h3-13,24-25H,2,14-19H2,1H3,(H,28,34). The van der Waals surface area contributed by atoms with Gasteiger partial charge in [-0.2, -0.15) is 0 Å². The second kappa shape index (κ2) is 10.5. The molecule has 2 saturated heterocycles. The van der Waals surface area contributed by atoms with Crippen LogP contribution in [0, 0.1) is 0 Å². The molecule has 3 aromatic rings. The maximum Gasteiger partial charge on any atom is 0.170 e.